The second-order valence-electron chi connectivity index (χ2n) is 3.68. The summed E-state index contributed by atoms with van der Waals surface area (Å²) in [5, 5.41) is 5.62. The van der Waals surface area contributed by atoms with E-state index in [1.165, 1.54) is 20.2 Å². The van der Waals surface area contributed by atoms with E-state index in [2.05, 4.69) is 10.4 Å². The molecule has 1 unspecified atom stereocenters. The van der Waals surface area contributed by atoms with Crippen LogP contribution in [0, 0.1) is 0 Å². The Balaban J connectivity index is 2.81. The van der Waals surface area contributed by atoms with Crippen molar-refractivity contribution in [3.63, 3.8) is 0 Å². The van der Waals surface area contributed by atoms with Crippen LogP contribution in [0.2, 0.25) is 0 Å². The van der Waals surface area contributed by atoms with Gasteiger partial charge in [-0.3, -0.25) is 9.48 Å². The fourth-order valence-corrected chi connectivity index (χ4v) is 1.25. The molecular weight excluding hydrogens is 237 g/mol. The Bertz CT molecular complexity index is 411. The number of hydrogen-bond acceptors (Lipinski definition) is 3. The van der Waals surface area contributed by atoms with Crippen LogP contribution in [0.15, 0.2) is 6.20 Å². The number of aromatic nitrogens is 2. The summed E-state index contributed by atoms with van der Waals surface area (Å²) in [4.78, 5) is 11.1. The molecule has 8 heteroatoms. The Morgan fingerprint density at radius 2 is 2.24 bits per heavy atom. The minimum Gasteiger partial charge on any atom is -0.351 e. The van der Waals surface area contributed by atoms with Crippen LogP contribution < -0.4 is 11.1 Å². The Labute approximate surface area is 95.8 Å². The normalized spacial score (nSPS) is 13.5. The van der Waals surface area contributed by atoms with Crippen molar-refractivity contribution in [3.05, 3.63) is 17.5 Å². The molecule has 0 bridgehead atoms. The molecule has 1 aromatic rings. The number of nitrogens with two attached hydrogens (primary N) is 1. The molecule has 0 aromatic carbocycles. The number of carbonyl (C=O) groups is 1. The van der Waals surface area contributed by atoms with Crippen molar-refractivity contribution < 1.29 is 18.0 Å². The van der Waals surface area contributed by atoms with Gasteiger partial charge in [0.25, 0.3) is 0 Å². The summed E-state index contributed by atoms with van der Waals surface area (Å²) < 4.78 is 38.6. The molecule has 96 valence electrons. The molecule has 0 radical (unpaired) electrons. The fourth-order valence-electron chi connectivity index (χ4n) is 1.25. The quantitative estimate of drug-likeness (QED) is 0.815. The first-order valence-electron chi connectivity index (χ1n) is 4.85. The molecule has 0 spiro atoms. The maximum Gasteiger partial charge on any atom is 0.435 e. The van der Waals surface area contributed by atoms with E-state index in [0.717, 1.165) is 4.68 Å². The highest BCUT2D eigenvalue weighted by Gasteiger charge is 2.36. The second kappa shape index (κ2) is 4.74. The molecule has 5 nitrogen and oxygen atoms in total. The molecule has 0 aliphatic rings. The summed E-state index contributed by atoms with van der Waals surface area (Å²) in [6, 6.07) is -0.763. The topological polar surface area (TPSA) is 72.9 Å². The third kappa shape index (κ3) is 3.45. The summed E-state index contributed by atoms with van der Waals surface area (Å²) in [5.74, 6) is -0.512. The average Bonchev–Trinajstić information content (AvgIpc) is 2.55. The van der Waals surface area contributed by atoms with Gasteiger partial charge in [0.2, 0.25) is 5.91 Å². The number of alkyl halides is 3. The van der Waals surface area contributed by atoms with E-state index in [9.17, 15) is 18.0 Å². The summed E-state index contributed by atoms with van der Waals surface area (Å²) in [5.41, 5.74) is 4.19. The van der Waals surface area contributed by atoms with Gasteiger partial charge in [-0.2, -0.15) is 18.3 Å². The maximum atomic E-state index is 12.5. The van der Waals surface area contributed by atoms with Crippen LogP contribution in [-0.4, -0.2) is 21.7 Å². The van der Waals surface area contributed by atoms with E-state index in [1.807, 2.05) is 0 Å². The van der Waals surface area contributed by atoms with Gasteiger partial charge in [-0.15, -0.1) is 0 Å². The highest BCUT2D eigenvalue weighted by molar-refractivity contribution is 5.80. The first-order valence-corrected chi connectivity index (χ1v) is 4.85. The molecular formula is C9H13F3N4O. The fraction of sp³-hybridized carbons (Fsp3) is 0.556. The van der Waals surface area contributed by atoms with E-state index in [4.69, 9.17) is 5.73 Å². The molecule has 1 rings (SSSR count). The van der Waals surface area contributed by atoms with Gasteiger partial charge in [0.15, 0.2) is 5.69 Å². The molecule has 0 saturated heterocycles. The third-order valence-electron chi connectivity index (χ3n) is 2.04. The molecule has 0 fully saturated rings. The van der Waals surface area contributed by atoms with Gasteiger partial charge < -0.3 is 11.1 Å². The first-order chi connectivity index (χ1) is 7.71. The zero-order chi connectivity index (χ0) is 13.2. The second-order valence-corrected chi connectivity index (χ2v) is 3.68. The number of rotatable bonds is 3. The van der Waals surface area contributed by atoms with Crippen molar-refractivity contribution in [1.29, 1.82) is 0 Å². The monoisotopic (exact) mass is 250 g/mol. The van der Waals surface area contributed by atoms with Gasteiger partial charge in [0, 0.05) is 25.4 Å². The van der Waals surface area contributed by atoms with Crippen LogP contribution in [0.25, 0.3) is 0 Å². The lowest BCUT2D eigenvalue weighted by Gasteiger charge is -2.08. The zero-order valence-electron chi connectivity index (χ0n) is 9.38. The van der Waals surface area contributed by atoms with E-state index in [-0.39, 0.29) is 12.1 Å². The van der Waals surface area contributed by atoms with Crippen LogP contribution in [0.4, 0.5) is 13.2 Å². The number of nitrogens with zero attached hydrogens (tertiary/aromatic N) is 2. The molecule has 1 atom stereocenters. The van der Waals surface area contributed by atoms with Crippen LogP contribution in [0.3, 0.4) is 0 Å². The van der Waals surface area contributed by atoms with E-state index < -0.39 is 23.8 Å². The number of carbonyl (C=O) groups excluding carboxylic acids is 1. The van der Waals surface area contributed by atoms with Crippen LogP contribution in [0.1, 0.15) is 18.2 Å². The molecule has 3 N–H and O–H groups in total. The standard InChI is InChI=1S/C9H13F3N4O/c1-5(13)8(17)14-3-6-4-16(2)15-7(6)9(10,11)12/h4-5H,3,13H2,1-2H3,(H,14,17). The van der Waals surface area contributed by atoms with Crippen LogP contribution >= 0.6 is 0 Å². The molecule has 0 aliphatic carbocycles. The van der Waals surface area contributed by atoms with E-state index in [1.54, 1.807) is 0 Å². The highest BCUT2D eigenvalue weighted by Crippen LogP contribution is 2.30. The van der Waals surface area contributed by atoms with Gasteiger partial charge >= 0.3 is 6.18 Å². The Kier molecular flexibility index (Phi) is 3.76. The van der Waals surface area contributed by atoms with Gasteiger partial charge in [0.05, 0.1) is 6.04 Å². The van der Waals surface area contributed by atoms with Crippen molar-refractivity contribution in [3.8, 4) is 0 Å². The number of halogens is 3. The largest absolute Gasteiger partial charge is 0.435 e. The summed E-state index contributed by atoms with van der Waals surface area (Å²) >= 11 is 0. The lowest BCUT2D eigenvalue weighted by Crippen LogP contribution is -2.38. The lowest BCUT2D eigenvalue weighted by atomic mass is 10.2. The van der Waals surface area contributed by atoms with E-state index >= 15 is 0 Å². The van der Waals surface area contributed by atoms with Gasteiger partial charge in [-0.1, -0.05) is 0 Å². The molecule has 0 aliphatic heterocycles. The minimum atomic E-state index is -4.53. The SMILES string of the molecule is CC(N)C(=O)NCc1cn(C)nc1C(F)(F)F. The number of aryl methyl sites for hydroxylation is 1. The number of hydrogen-bond donors (Lipinski definition) is 2. The van der Waals surface area contributed by atoms with Crippen molar-refractivity contribution in [1.82, 2.24) is 15.1 Å². The zero-order valence-corrected chi connectivity index (χ0v) is 9.38. The number of amides is 1. The minimum absolute atomic E-state index is 0.0889. The van der Waals surface area contributed by atoms with Crippen LogP contribution in [0.5, 0.6) is 0 Å². The summed E-state index contributed by atoms with van der Waals surface area (Å²) in [6.07, 6.45) is -3.32. The van der Waals surface area contributed by atoms with Crippen molar-refractivity contribution in [2.24, 2.45) is 12.8 Å². The van der Waals surface area contributed by atoms with Crippen molar-refractivity contribution in [2.75, 3.05) is 0 Å². The predicted molar refractivity (Wildman–Crippen MR) is 53.7 cm³/mol. The molecule has 0 saturated carbocycles. The van der Waals surface area contributed by atoms with Crippen molar-refractivity contribution in [2.45, 2.75) is 25.7 Å². The van der Waals surface area contributed by atoms with Gasteiger partial charge in [-0.25, -0.2) is 0 Å². The van der Waals surface area contributed by atoms with Gasteiger partial charge in [0.1, 0.15) is 0 Å². The molecule has 1 aromatic heterocycles. The van der Waals surface area contributed by atoms with Crippen LogP contribution in [-0.2, 0) is 24.6 Å². The Hall–Kier alpha value is -1.57. The Morgan fingerprint density at radius 3 is 2.71 bits per heavy atom. The average molecular weight is 250 g/mol. The maximum absolute atomic E-state index is 12.5. The smallest absolute Gasteiger partial charge is 0.351 e. The first kappa shape index (κ1) is 13.5. The highest BCUT2D eigenvalue weighted by atomic mass is 19.4. The molecule has 17 heavy (non-hydrogen) atoms. The number of nitrogens with one attached hydrogen (secondary N) is 1. The molecule has 1 amide bonds. The predicted octanol–water partition coefficient (Wildman–Crippen LogP) is 0.402. The Morgan fingerprint density at radius 1 is 1.65 bits per heavy atom. The van der Waals surface area contributed by atoms with Gasteiger partial charge in [-0.05, 0) is 6.92 Å². The molecule has 1 heterocycles. The van der Waals surface area contributed by atoms with E-state index in [0.29, 0.717) is 0 Å². The summed E-state index contributed by atoms with van der Waals surface area (Å²) in [6.45, 7) is 1.20. The van der Waals surface area contributed by atoms with Crippen molar-refractivity contribution >= 4 is 5.91 Å². The summed E-state index contributed by atoms with van der Waals surface area (Å²) in [7, 11) is 1.38. The lowest BCUT2D eigenvalue weighted by molar-refractivity contribution is -0.142. The third-order valence-corrected chi connectivity index (χ3v) is 2.04.